The lowest BCUT2D eigenvalue weighted by Gasteiger charge is -2.19. The molecular formula is C12H19N3. The quantitative estimate of drug-likeness (QED) is 0.429. The van der Waals surface area contributed by atoms with Gasteiger partial charge in [-0.15, -0.1) is 0 Å². The highest BCUT2D eigenvalue weighted by molar-refractivity contribution is 5.82. The predicted octanol–water partition coefficient (Wildman–Crippen LogP) is 2.41. The van der Waals surface area contributed by atoms with Crippen LogP contribution in [0.1, 0.15) is 13.3 Å². The van der Waals surface area contributed by atoms with Gasteiger partial charge in [-0.2, -0.15) is 5.10 Å². The van der Waals surface area contributed by atoms with Crippen LogP contribution in [0.5, 0.6) is 0 Å². The van der Waals surface area contributed by atoms with Gasteiger partial charge in [-0.25, -0.2) is 0 Å². The fourth-order valence-corrected chi connectivity index (χ4v) is 1.35. The van der Waals surface area contributed by atoms with Crippen LogP contribution >= 0.6 is 0 Å². The van der Waals surface area contributed by atoms with Crippen LogP contribution < -0.4 is 5.01 Å². The molecule has 82 valence electrons. The van der Waals surface area contributed by atoms with Crippen molar-refractivity contribution in [2.24, 2.45) is 5.10 Å². The molecule has 0 atom stereocenters. The van der Waals surface area contributed by atoms with Crippen LogP contribution in [0.4, 0.5) is 5.69 Å². The van der Waals surface area contributed by atoms with Crippen LogP contribution in [0.2, 0.25) is 0 Å². The monoisotopic (exact) mass is 205 g/mol. The zero-order valence-electron chi connectivity index (χ0n) is 9.94. The van der Waals surface area contributed by atoms with E-state index in [1.54, 1.807) is 0 Å². The van der Waals surface area contributed by atoms with E-state index in [4.69, 9.17) is 0 Å². The molecule has 0 amide bonds. The Hall–Kier alpha value is -1.51. The van der Waals surface area contributed by atoms with Crippen LogP contribution in [0.25, 0.3) is 0 Å². The number of anilines is 1. The van der Waals surface area contributed by atoms with Crippen LogP contribution in [0.15, 0.2) is 35.4 Å². The topological polar surface area (TPSA) is 18.8 Å². The average molecular weight is 205 g/mol. The minimum absolute atomic E-state index is 0.935. The van der Waals surface area contributed by atoms with Gasteiger partial charge < -0.3 is 4.90 Å². The lowest BCUT2D eigenvalue weighted by Crippen LogP contribution is -2.25. The molecule has 0 spiro atoms. The molecule has 1 aromatic rings. The van der Waals surface area contributed by atoms with Gasteiger partial charge in [0.15, 0.2) is 0 Å². The highest BCUT2D eigenvalue weighted by Crippen LogP contribution is 2.11. The summed E-state index contributed by atoms with van der Waals surface area (Å²) >= 11 is 0. The molecule has 1 aromatic carbocycles. The molecule has 0 fully saturated rings. The van der Waals surface area contributed by atoms with E-state index in [-0.39, 0.29) is 0 Å². The summed E-state index contributed by atoms with van der Waals surface area (Å²) in [6, 6.07) is 10.1. The third-order valence-corrected chi connectivity index (χ3v) is 2.23. The van der Waals surface area contributed by atoms with E-state index in [9.17, 15) is 0 Å². The van der Waals surface area contributed by atoms with Crippen LogP contribution in [-0.4, -0.2) is 31.9 Å². The Morgan fingerprint density at radius 1 is 1.13 bits per heavy atom. The Morgan fingerprint density at radius 2 is 1.73 bits per heavy atom. The lowest BCUT2D eigenvalue weighted by molar-refractivity contribution is 0.601. The molecule has 0 unspecified atom stereocenters. The molecule has 0 aliphatic rings. The van der Waals surface area contributed by atoms with Crippen LogP contribution in [0, 0.1) is 0 Å². The van der Waals surface area contributed by atoms with Gasteiger partial charge in [-0.3, -0.25) is 5.01 Å². The summed E-state index contributed by atoms with van der Waals surface area (Å²) in [6.07, 6.45) is 0.935. The third kappa shape index (κ3) is 3.27. The number of nitrogens with zero attached hydrogens (tertiary/aromatic N) is 3. The van der Waals surface area contributed by atoms with Gasteiger partial charge in [-0.05, 0) is 12.1 Å². The molecule has 3 heteroatoms. The first-order chi connectivity index (χ1) is 7.15. The molecule has 3 nitrogen and oxygen atoms in total. The second kappa shape index (κ2) is 5.39. The number of rotatable bonds is 3. The van der Waals surface area contributed by atoms with Crippen LogP contribution in [0.3, 0.4) is 0 Å². The highest BCUT2D eigenvalue weighted by atomic mass is 15.5. The van der Waals surface area contributed by atoms with Gasteiger partial charge in [0.05, 0.1) is 5.69 Å². The molecule has 0 bridgehead atoms. The first-order valence-corrected chi connectivity index (χ1v) is 5.18. The minimum atomic E-state index is 0.935. The van der Waals surface area contributed by atoms with Crippen molar-refractivity contribution in [2.75, 3.05) is 26.2 Å². The van der Waals surface area contributed by atoms with E-state index in [0.717, 1.165) is 17.9 Å². The SMILES string of the molecule is CC/C(=N/N(C)c1ccccc1)N(C)C. The maximum absolute atomic E-state index is 4.54. The van der Waals surface area contributed by atoms with Crippen molar-refractivity contribution in [3.63, 3.8) is 0 Å². The van der Waals surface area contributed by atoms with Gasteiger partial charge in [0.25, 0.3) is 0 Å². The zero-order valence-corrected chi connectivity index (χ0v) is 9.94. The lowest BCUT2D eigenvalue weighted by atomic mass is 10.3. The minimum Gasteiger partial charge on any atom is -0.365 e. The van der Waals surface area contributed by atoms with E-state index >= 15 is 0 Å². The van der Waals surface area contributed by atoms with Gasteiger partial charge in [0, 0.05) is 27.6 Å². The summed E-state index contributed by atoms with van der Waals surface area (Å²) in [7, 11) is 6.00. The fraction of sp³-hybridized carbons (Fsp3) is 0.417. The molecular weight excluding hydrogens is 186 g/mol. The van der Waals surface area contributed by atoms with Crippen molar-refractivity contribution in [1.29, 1.82) is 0 Å². The summed E-state index contributed by atoms with van der Waals surface area (Å²) in [5, 5.41) is 6.44. The Balaban J connectivity index is 2.81. The number of hydrogen-bond donors (Lipinski definition) is 0. The average Bonchev–Trinajstić information content (AvgIpc) is 2.26. The Bertz CT molecular complexity index is 317. The molecule has 0 aromatic heterocycles. The number of hydrogen-bond acceptors (Lipinski definition) is 2. The Labute approximate surface area is 92.0 Å². The second-order valence-corrected chi connectivity index (χ2v) is 3.62. The second-order valence-electron chi connectivity index (χ2n) is 3.62. The molecule has 0 saturated heterocycles. The summed E-state index contributed by atoms with van der Waals surface area (Å²) in [6.45, 7) is 2.11. The first kappa shape index (κ1) is 11.6. The number of benzene rings is 1. The van der Waals surface area contributed by atoms with Crippen molar-refractivity contribution >= 4 is 11.5 Å². The molecule has 0 radical (unpaired) electrons. The van der Waals surface area contributed by atoms with Crippen molar-refractivity contribution in [3.05, 3.63) is 30.3 Å². The standard InChI is InChI=1S/C12H19N3/c1-5-12(14(2)3)13-15(4)11-9-7-6-8-10-11/h6-10H,5H2,1-4H3/b13-12-. The van der Waals surface area contributed by atoms with E-state index < -0.39 is 0 Å². The third-order valence-electron chi connectivity index (χ3n) is 2.23. The molecule has 0 aliphatic carbocycles. The molecule has 1 rings (SSSR count). The Morgan fingerprint density at radius 3 is 2.20 bits per heavy atom. The van der Waals surface area contributed by atoms with E-state index in [2.05, 4.69) is 12.0 Å². The number of amidine groups is 1. The normalized spacial score (nSPS) is 11.3. The highest BCUT2D eigenvalue weighted by Gasteiger charge is 2.02. The van der Waals surface area contributed by atoms with Gasteiger partial charge >= 0.3 is 0 Å². The maximum atomic E-state index is 4.54. The van der Waals surface area contributed by atoms with Crippen molar-refractivity contribution in [1.82, 2.24) is 4.90 Å². The predicted molar refractivity (Wildman–Crippen MR) is 66.3 cm³/mol. The summed E-state index contributed by atoms with van der Waals surface area (Å²) in [5.74, 6) is 1.07. The summed E-state index contributed by atoms with van der Waals surface area (Å²) in [4.78, 5) is 2.04. The van der Waals surface area contributed by atoms with E-state index in [1.165, 1.54) is 0 Å². The summed E-state index contributed by atoms with van der Waals surface area (Å²) in [5.41, 5.74) is 1.10. The summed E-state index contributed by atoms with van der Waals surface area (Å²) < 4.78 is 0. The molecule has 0 N–H and O–H groups in total. The fourth-order valence-electron chi connectivity index (χ4n) is 1.35. The number of hydrazone groups is 1. The Kier molecular flexibility index (Phi) is 4.16. The van der Waals surface area contributed by atoms with Crippen LogP contribution in [-0.2, 0) is 0 Å². The van der Waals surface area contributed by atoms with Crippen molar-refractivity contribution < 1.29 is 0 Å². The van der Waals surface area contributed by atoms with Crippen molar-refractivity contribution in [2.45, 2.75) is 13.3 Å². The number of para-hydroxylation sites is 1. The molecule has 0 saturated carbocycles. The maximum Gasteiger partial charge on any atom is 0.124 e. The largest absolute Gasteiger partial charge is 0.365 e. The van der Waals surface area contributed by atoms with E-state index in [1.807, 2.05) is 61.4 Å². The molecule has 15 heavy (non-hydrogen) atoms. The van der Waals surface area contributed by atoms with Gasteiger partial charge in [-0.1, -0.05) is 25.1 Å². The van der Waals surface area contributed by atoms with Gasteiger partial charge in [0.1, 0.15) is 5.84 Å². The van der Waals surface area contributed by atoms with Crippen molar-refractivity contribution in [3.8, 4) is 0 Å². The first-order valence-electron chi connectivity index (χ1n) is 5.18. The molecule has 0 aliphatic heterocycles. The van der Waals surface area contributed by atoms with Gasteiger partial charge in [0.2, 0.25) is 0 Å². The van der Waals surface area contributed by atoms with E-state index in [0.29, 0.717) is 0 Å². The smallest absolute Gasteiger partial charge is 0.124 e. The molecule has 0 heterocycles. The zero-order chi connectivity index (χ0) is 11.3.